The number of H-pyrrole nitrogens is 1. The zero-order chi connectivity index (χ0) is 100. The number of carbonyl (C=O) groups is 2. The summed E-state index contributed by atoms with van der Waals surface area (Å²) in [6, 6.07) is 36.7. The van der Waals surface area contributed by atoms with Crippen LogP contribution in [0.3, 0.4) is 0 Å². The van der Waals surface area contributed by atoms with E-state index in [-0.39, 0.29) is 79.3 Å². The number of nitriles is 2. The van der Waals surface area contributed by atoms with Crippen molar-refractivity contribution in [2.45, 2.75) is 219 Å². The SMILES string of the molecule is CCNC(=O)Nc1ccc(-c2nc3c(c(N4CCOCC4)n2)CCC2(CC2)O3)cc1.N#CC1=C(N)OC2(CC1)CC2.N#CC1=C(NC(=O)c2ccc([N+](=O)[O-])cc2)OC2(CC1)CC2.Nc1ccc(-c2nc3c(c(N4CCOCC4)n2)CCC2(CC2)O3)cc1.O=[N+]([O-])c1ccc(-c2nc3c(c(N4CCOCC4)n2)CCC2(CC2)O3)cc1.O=c1[nH]c(-c2ccc([N+](=O)[O-])cc2)nc2c1CCC1(CC1)O2.OC1(CCBr)CC1. The van der Waals surface area contributed by atoms with Crippen LogP contribution < -0.4 is 66.6 Å². The van der Waals surface area contributed by atoms with Crippen molar-refractivity contribution in [3.05, 3.63) is 213 Å². The van der Waals surface area contributed by atoms with Gasteiger partial charge in [-0.05, 0) is 265 Å². The summed E-state index contributed by atoms with van der Waals surface area (Å²) in [6.07, 6.45) is 26.4. The Labute approximate surface area is 838 Å². The van der Waals surface area contributed by atoms with Gasteiger partial charge in [-0.3, -0.25) is 45.2 Å². The number of alkyl halides is 1. The number of nitrogens with two attached hydrogens (primary N) is 2. The highest BCUT2D eigenvalue weighted by Crippen LogP contribution is 2.55. The number of hydrogen-bond acceptors (Lipinski definition) is 33. The van der Waals surface area contributed by atoms with Crippen LogP contribution in [-0.4, -0.2) is 202 Å². The molecule has 0 bridgehead atoms. The first-order valence-corrected chi connectivity index (χ1v) is 50.6. The second kappa shape index (κ2) is 41.6. The molecular formula is C103H114BrN21O19. The predicted molar refractivity (Wildman–Crippen MR) is 533 cm³/mol. The lowest BCUT2D eigenvalue weighted by molar-refractivity contribution is -0.385. The van der Waals surface area contributed by atoms with Gasteiger partial charge in [-0.2, -0.15) is 30.5 Å². The highest BCUT2D eigenvalue weighted by molar-refractivity contribution is 9.09. The zero-order valence-electron chi connectivity index (χ0n) is 80.1. The molecule has 9 aliphatic heterocycles. The second-order valence-electron chi connectivity index (χ2n) is 39.3. The zero-order valence-corrected chi connectivity index (χ0v) is 81.7. The number of carbonyl (C=O) groups excluding carboxylic acids is 2. The van der Waals surface area contributed by atoms with Crippen LogP contribution in [0.5, 0.6) is 23.5 Å². The highest BCUT2D eigenvalue weighted by Gasteiger charge is 2.54. The summed E-state index contributed by atoms with van der Waals surface area (Å²) in [5, 5.41) is 68.1. The van der Waals surface area contributed by atoms with E-state index >= 15 is 0 Å². The van der Waals surface area contributed by atoms with E-state index in [1.807, 2.05) is 61.5 Å². The van der Waals surface area contributed by atoms with Crippen LogP contribution >= 0.6 is 15.9 Å². The molecule has 25 rings (SSSR count). The van der Waals surface area contributed by atoms with E-state index in [2.05, 4.69) is 67.6 Å². The van der Waals surface area contributed by atoms with Gasteiger partial charge in [0.15, 0.2) is 23.4 Å². The molecule has 752 valence electrons. The Balaban J connectivity index is 0.000000109. The van der Waals surface area contributed by atoms with Crippen LogP contribution in [0, 0.1) is 53.0 Å². The fourth-order valence-electron chi connectivity index (χ4n) is 18.6. The number of anilines is 5. The number of allylic oxidation sites excluding steroid dienone is 2. The van der Waals surface area contributed by atoms with E-state index in [1.54, 1.807) is 24.3 Å². The van der Waals surface area contributed by atoms with Crippen molar-refractivity contribution in [3.8, 4) is 81.2 Å². The third-order valence-corrected chi connectivity index (χ3v) is 29.3. The number of nitrogens with one attached hydrogen (secondary N) is 4. The van der Waals surface area contributed by atoms with Gasteiger partial charge in [-0.15, -0.1) is 0 Å². The van der Waals surface area contributed by atoms with Gasteiger partial charge in [0.2, 0.25) is 29.4 Å². The molecule has 144 heavy (non-hydrogen) atoms. The molecule has 13 heterocycles. The van der Waals surface area contributed by atoms with Gasteiger partial charge in [-0.1, -0.05) is 15.9 Å². The fourth-order valence-corrected chi connectivity index (χ4v) is 19.4. The average molecular weight is 2030 g/mol. The number of amides is 3. The molecule has 9 N–H and O–H groups in total. The lowest BCUT2D eigenvalue weighted by atomic mass is 10.0. The number of nitro benzene ring substituents is 3. The number of aromatic nitrogens is 8. The van der Waals surface area contributed by atoms with E-state index in [0.29, 0.717) is 109 Å². The first-order chi connectivity index (χ1) is 69.6. The molecule has 0 atom stereocenters. The number of fused-ring (bicyclic) bond motifs is 4. The average Bonchev–Trinajstić information content (AvgIpc) is 1.60. The first kappa shape index (κ1) is 98.5. The van der Waals surface area contributed by atoms with Crippen molar-refractivity contribution >= 4 is 73.8 Å². The molecule has 7 saturated carbocycles. The number of nitrogens with zero attached hydrogens (tertiary/aromatic N) is 15. The van der Waals surface area contributed by atoms with Crippen molar-refractivity contribution in [1.29, 1.82) is 10.5 Å². The third kappa shape index (κ3) is 23.5. The molecule has 16 aliphatic rings. The normalized spacial score (nSPS) is 20.0. The molecule has 40 nitrogen and oxygen atoms in total. The van der Waals surface area contributed by atoms with Crippen molar-refractivity contribution < 1.29 is 72.1 Å². The Hall–Kier alpha value is -14.3. The number of halogens is 1. The van der Waals surface area contributed by atoms with E-state index in [9.17, 15) is 44.7 Å². The van der Waals surface area contributed by atoms with Crippen LogP contribution in [0.15, 0.2) is 149 Å². The fraction of sp³-hybridized carbons (Fsp3) is 0.476. The van der Waals surface area contributed by atoms with Crippen LogP contribution in [0.1, 0.15) is 187 Å². The molecule has 3 amide bonds. The number of rotatable bonds is 16. The first-order valence-electron chi connectivity index (χ1n) is 49.5. The summed E-state index contributed by atoms with van der Waals surface area (Å²) in [6.45, 7) is 11.6. The van der Waals surface area contributed by atoms with Gasteiger partial charge in [-0.25, -0.2) is 19.7 Å². The van der Waals surface area contributed by atoms with Crippen LogP contribution in [0.4, 0.5) is 50.7 Å². The second-order valence-corrected chi connectivity index (χ2v) is 40.1. The maximum atomic E-state index is 12.2. The largest absolute Gasteiger partial charge is 0.472 e. The molecular weight excluding hydrogens is 1920 g/mol. The highest BCUT2D eigenvalue weighted by atomic mass is 79.9. The number of non-ortho nitro benzene ring substituents is 3. The van der Waals surface area contributed by atoms with Crippen LogP contribution in [0.25, 0.3) is 45.6 Å². The number of urea groups is 1. The molecule has 0 radical (unpaired) electrons. The minimum atomic E-state index is -0.529. The quantitative estimate of drug-likeness (QED) is 0.0204. The van der Waals surface area contributed by atoms with E-state index < -0.39 is 20.7 Å². The molecule has 4 aromatic heterocycles. The van der Waals surface area contributed by atoms with Gasteiger partial charge >= 0.3 is 6.03 Å². The van der Waals surface area contributed by atoms with Gasteiger partial charge < -0.3 is 89.5 Å². The van der Waals surface area contributed by atoms with E-state index in [1.165, 1.54) is 48.5 Å². The molecule has 5 aromatic carbocycles. The lowest BCUT2D eigenvalue weighted by Crippen LogP contribution is -2.38. The van der Waals surface area contributed by atoms with Gasteiger partial charge in [0.1, 0.15) is 69.0 Å². The van der Waals surface area contributed by atoms with Gasteiger partial charge in [0, 0.05) is 127 Å². The number of ether oxygens (including phenoxy) is 9. The van der Waals surface area contributed by atoms with Crippen molar-refractivity contribution in [1.82, 2.24) is 50.5 Å². The number of aliphatic hydroxyl groups is 1. The van der Waals surface area contributed by atoms with Gasteiger partial charge in [0.05, 0.1) is 93.4 Å². The number of aromatic amines is 1. The summed E-state index contributed by atoms with van der Waals surface area (Å²) < 4.78 is 52.5. The smallest absolute Gasteiger partial charge is 0.319 e. The minimum Gasteiger partial charge on any atom is -0.472 e. The molecule has 6 spiro atoms. The summed E-state index contributed by atoms with van der Waals surface area (Å²) >= 11 is 3.27. The standard InChI is InChI=1S/C22H27N5O3.C19H20N4O4.C19H22N4O2.2C15H13N3O4.C8H10N2O.C5H9BrO/c1-2-23-21(28)24-16-5-3-15(4-6-16)18-25-19(27-11-13-29-14-12-27)17-7-8-22(9-10-22)30-20(17)26-18;24-23(25)14-3-1-13(2-4-14)16-20-17(22-9-11-26-12-10-22)15-5-6-19(7-8-19)27-18(15)21-16;20-14-3-1-13(2-4-14)16-21-17(23-9-11-24-12-10-23)15-5-6-19(7-8-19)25-18(15)22-16;19-13-11-5-6-15(7-8-15)22-14(11)17-12(16-13)9-1-3-10(4-2-9)18(20)21;16-9-11-5-6-15(7-8-15)22-14(11)17-13(19)10-1-3-12(4-2-10)18(20)21;9-5-6-1-2-8(3-4-8)11-7(6)10;6-4-3-5(7)1-2-5/h3-6H,2,7-14H2,1H3,(H2,23,24,28);1-4H,5-12H2;1-4H,5-12,20H2;1-4H,5-8H2,(H,16,17,19);1-4H,5-8H2,(H,17,19);1-4,10H2;7H,1-4H2. The topological polar surface area (TPSA) is 535 Å². The monoisotopic (exact) mass is 2030 g/mol. The predicted octanol–water partition coefficient (Wildman–Crippen LogP) is 15.1. The van der Waals surface area contributed by atoms with Crippen molar-refractivity contribution in [2.24, 2.45) is 5.73 Å². The number of nitro groups is 3. The van der Waals surface area contributed by atoms with Crippen molar-refractivity contribution in [2.75, 3.05) is 117 Å². The maximum Gasteiger partial charge on any atom is 0.319 e. The summed E-state index contributed by atoms with van der Waals surface area (Å²) in [5.41, 5.74) is 20.5. The summed E-state index contributed by atoms with van der Waals surface area (Å²) in [7, 11) is 0. The van der Waals surface area contributed by atoms with E-state index in [4.69, 9.17) is 94.6 Å². The summed E-state index contributed by atoms with van der Waals surface area (Å²) in [4.78, 5) is 110. The third-order valence-electron chi connectivity index (χ3n) is 28.9. The molecule has 41 heteroatoms. The van der Waals surface area contributed by atoms with Crippen LogP contribution in [0.2, 0.25) is 0 Å². The Morgan fingerprint density at radius 3 is 1.15 bits per heavy atom. The number of hydrogen-bond donors (Lipinski definition) is 7. The Morgan fingerprint density at radius 2 is 0.792 bits per heavy atom. The molecule has 3 saturated heterocycles. The Kier molecular flexibility index (Phi) is 28.5. The molecule has 9 aromatic rings. The van der Waals surface area contributed by atoms with Gasteiger partial charge in [0.25, 0.3) is 28.5 Å². The minimum absolute atomic E-state index is 0.00131. The Bertz CT molecular complexity index is 6550. The summed E-state index contributed by atoms with van der Waals surface area (Å²) in [5.74, 6) is 7.86. The van der Waals surface area contributed by atoms with Crippen LogP contribution in [-0.2, 0) is 49.4 Å². The molecule has 0 unspecified atom stereocenters. The maximum absolute atomic E-state index is 12.2. The lowest BCUT2D eigenvalue weighted by Gasteiger charge is -2.33. The number of nitrogen functional groups attached to an aromatic ring is 1. The number of morpholine rings is 3. The molecule has 10 fully saturated rings. The van der Waals surface area contributed by atoms with Crippen molar-refractivity contribution in [3.63, 3.8) is 0 Å². The Morgan fingerprint density at radius 1 is 0.444 bits per heavy atom. The van der Waals surface area contributed by atoms with E-state index in [0.717, 1.165) is 292 Å². The molecule has 7 aliphatic carbocycles. The number of benzene rings is 5.